The van der Waals surface area contributed by atoms with E-state index in [1.807, 2.05) is 50.2 Å². The first kappa shape index (κ1) is 32.2. The van der Waals surface area contributed by atoms with Gasteiger partial charge in [-0.05, 0) is 61.7 Å². The Labute approximate surface area is 271 Å². The number of amides is 3. The number of anilines is 1. The van der Waals surface area contributed by atoms with E-state index in [0.29, 0.717) is 72.4 Å². The molecule has 6 rings (SSSR count). The van der Waals surface area contributed by atoms with Crippen molar-refractivity contribution in [3.63, 3.8) is 0 Å². The number of carbonyl (C=O) groups excluding carboxylic acids is 2. The van der Waals surface area contributed by atoms with Gasteiger partial charge < -0.3 is 20.1 Å². The number of ether oxygens (including phenoxy) is 2. The van der Waals surface area contributed by atoms with Crippen molar-refractivity contribution in [1.29, 1.82) is 0 Å². The molecule has 0 saturated carbocycles. The second-order valence-corrected chi connectivity index (χ2v) is 11.5. The lowest BCUT2D eigenvalue weighted by atomic mass is 10.0. The molecule has 2 saturated heterocycles. The Morgan fingerprint density at radius 1 is 1.11 bits per heavy atom. The van der Waals surface area contributed by atoms with Gasteiger partial charge in [-0.15, -0.1) is 0 Å². The van der Waals surface area contributed by atoms with Gasteiger partial charge in [0.1, 0.15) is 17.6 Å². The Morgan fingerprint density at radius 2 is 1.94 bits per heavy atom. The van der Waals surface area contributed by atoms with Crippen LogP contribution in [0, 0.1) is 19.8 Å². The summed E-state index contributed by atoms with van der Waals surface area (Å²) in [5, 5.41) is 15.5. The summed E-state index contributed by atoms with van der Waals surface area (Å²) >= 11 is 0. The van der Waals surface area contributed by atoms with Crippen LogP contribution in [-0.4, -0.2) is 88.9 Å². The summed E-state index contributed by atoms with van der Waals surface area (Å²) in [5.74, 6) is -0.438. The number of para-hydroxylation sites is 1. The van der Waals surface area contributed by atoms with E-state index < -0.39 is 24.1 Å². The minimum Gasteiger partial charge on any atom is -0.383 e. The molecule has 1 aromatic carbocycles. The number of nitrogens with zero attached hydrogens (tertiary/aromatic N) is 5. The number of carbonyl (C=O) groups is 2. The second-order valence-electron chi connectivity index (χ2n) is 11.5. The van der Waals surface area contributed by atoms with E-state index in [2.05, 4.69) is 25.9 Å². The van der Waals surface area contributed by atoms with Gasteiger partial charge in [-0.1, -0.05) is 18.2 Å². The van der Waals surface area contributed by atoms with E-state index in [4.69, 9.17) is 19.4 Å². The van der Waals surface area contributed by atoms with Gasteiger partial charge in [0.25, 0.3) is 5.91 Å². The van der Waals surface area contributed by atoms with Crippen LogP contribution in [0.5, 0.6) is 0 Å². The van der Waals surface area contributed by atoms with Gasteiger partial charge >= 0.3 is 6.03 Å². The quantitative estimate of drug-likeness (QED) is 0.220. The number of halogens is 1. The van der Waals surface area contributed by atoms with Gasteiger partial charge in [0.15, 0.2) is 0 Å². The zero-order chi connectivity index (χ0) is 32.9. The van der Waals surface area contributed by atoms with Crippen LogP contribution in [0.3, 0.4) is 0 Å². The second kappa shape index (κ2) is 14.3. The Bertz CT molecular complexity index is 1730. The highest BCUT2D eigenvalue weighted by molar-refractivity contribution is 5.94. The van der Waals surface area contributed by atoms with Crippen LogP contribution in [0.1, 0.15) is 39.7 Å². The number of benzene rings is 1. The summed E-state index contributed by atoms with van der Waals surface area (Å²) in [6.07, 6.45) is 3.11. The summed E-state index contributed by atoms with van der Waals surface area (Å²) in [5.41, 5.74) is 4.29. The third-order valence-corrected chi connectivity index (χ3v) is 8.16. The van der Waals surface area contributed by atoms with Crippen molar-refractivity contribution in [1.82, 2.24) is 35.4 Å². The standard InChI is InChI=1S/C33H37FN8O5/c1-20-15-23(17-36-28(20)32(43)37-24-10-13-46-19-24)29-21(2)31(42(40-29)25-7-5-4-6-8-25)39-33(44)38-26-18-41(12-14-45-3)47-30(26)22-9-11-35-27(34)16-22/h4-9,11,15-17,24,26,30H,10,12-14,18-19H2,1-3H3,(H,37,43)(H2,38,39,44)/t24-,26-,30+/m1/s1. The molecule has 0 spiro atoms. The van der Waals surface area contributed by atoms with E-state index >= 15 is 0 Å². The molecule has 2 aliphatic heterocycles. The highest BCUT2D eigenvalue weighted by atomic mass is 19.1. The molecule has 3 aromatic heterocycles. The van der Waals surface area contributed by atoms with Gasteiger partial charge in [0.2, 0.25) is 5.95 Å². The van der Waals surface area contributed by atoms with Crippen molar-refractivity contribution in [3.8, 4) is 16.9 Å². The number of aryl methyl sites for hydroxylation is 1. The number of pyridine rings is 2. The number of aromatic nitrogens is 4. The molecule has 14 heteroatoms. The predicted octanol–water partition coefficient (Wildman–Crippen LogP) is 3.73. The molecule has 4 aromatic rings. The zero-order valence-electron chi connectivity index (χ0n) is 26.4. The molecule has 5 heterocycles. The fraction of sp³-hybridized carbons (Fsp3) is 0.364. The molecule has 3 N–H and O–H groups in total. The number of urea groups is 1. The normalized spacial score (nSPS) is 19.5. The number of nitrogens with one attached hydrogen (secondary N) is 3. The molecule has 47 heavy (non-hydrogen) atoms. The topological polar surface area (TPSA) is 145 Å². The van der Waals surface area contributed by atoms with Crippen molar-refractivity contribution < 1.29 is 28.3 Å². The maximum absolute atomic E-state index is 14.0. The van der Waals surface area contributed by atoms with Gasteiger partial charge in [-0.2, -0.15) is 14.6 Å². The lowest BCUT2D eigenvalue weighted by Gasteiger charge is -2.19. The number of rotatable bonds is 10. The smallest absolute Gasteiger partial charge is 0.320 e. The van der Waals surface area contributed by atoms with Gasteiger partial charge in [0, 0.05) is 50.3 Å². The Kier molecular flexibility index (Phi) is 9.82. The molecular weight excluding hydrogens is 607 g/mol. The van der Waals surface area contributed by atoms with Crippen molar-refractivity contribution in [3.05, 3.63) is 89.3 Å². The summed E-state index contributed by atoms with van der Waals surface area (Å²) in [6.45, 7) is 6.05. The molecule has 2 aliphatic rings. The molecule has 246 valence electrons. The lowest BCUT2D eigenvalue weighted by molar-refractivity contribution is -0.154. The SMILES string of the molecule is COCCN1C[C@@H](NC(=O)Nc2c(C)c(-c3cnc(C(=O)N[C@@H]4CCOC4)c(C)c3)nn2-c2ccccc2)[C@H](c2ccnc(F)c2)O1. The summed E-state index contributed by atoms with van der Waals surface area (Å²) in [6, 6.07) is 13.2. The average Bonchev–Trinajstić information content (AvgIpc) is 3.80. The molecule has 3 amide bonds. The number of hydrogen-bond acceptors (Lipinski definition) is 9. The molecule has 0 aliphatic carbocycles. The van der Waals surface area contributed by atoms with Crippen LogP contribution in [0.25, 0.3) is 16.9 Å². The lowest BCUT2D eigenvalue weighted by Crippen LogP contribution is -2.42. The molecule has 3 atom stereocenters. The Balaban J connectivity index is 1.26. The summed E-state index contributed by atoms with van der Waals surface area (Å²) in [7, 11) is 1.59. The predicted molar refractivity (Wildman–Crippen MR) is 170 cm³/mol. The molecule has 0 bridgehead atoms. The van der Waals surface area contributed by atoms with Crippen LogP contribution in [0.15, 0.2) is 60.9 Å². The molecule has 2 fully saturated rings. The maximum atomic E-state index is 14.0. The number of hydrogen-bond donors (Lipinski definition) is 3. The van der Waals surface area contributed by atoms with Crippen LogP contribution in [0.4, 0.5) is 15.0 Å². The third kappa shape index (κ3) is 7.30. The van der Waals surface area contributed by atoms with Crippen molar-refractivity contribution in [2.45, 2.75) is 38.5 Å². The van der Waals surface area contributed by atoms with Crippen LogP contribution in [-0.2, 0) is 14.3 Å². The number of methoxy groups -OCH3 is 1. The first-order chi connectivity index (χ1) is 22.8. The minimum atomic E-state index is -0.642. The highest BCUT2D eigenvalue weighted by Gasteiger charge is 2.37. The molecule has 0 radical (unpaired) electrons. The fourth-order valence-electron chi connectivity index (χ4n) is 5.77. The van der Waals surface area contributed by atoms with Crippen LogP contribution < -0.4 is 16.0 Å². The Morgan fingerprint density at radius 3 is 2.66 bits per heavy atom. The van der Waals surface area contributed by atoms with Crippen molar-refractivity contribution in [2.75, 3.05) is 45.3 Å². The zero-order valence-corrected chi connectivity index (χ0v) is 26.4. The number of hydroxylamine groups is 2. The van der Waals surface area contributed by atoms with Gasteiger partial charge in [-0.25, -0.2) is 14.5 Å². The minimum absolute atomic E-state index is 0.0302. The van der Waals surface area contributed by atoms with E-state index in [1.54, 1.807) is 29.1 Å². The first-order valence-electron chi connectivity index (χ1n) is 15.4. The van der Waals surface area contributed by atoms with Crippen molar-refractivity contribution >= 4 is 17.8 Å². The molecule has 0 unspecified atom stereocenters. The van der Waals surface area contributed by atoms with E-state index in [0.717, 1.165) is 12.1 Å². The average molecular weight is 645 g/mol. The molecular formula is C33H37FN8O5. The van der Waals surface area contributed by atoms with Crippen LogP contribution >= 0.6 is 0 Å². The highest BCUT2D eigenvalue weighted by Crippen LogP contribution is 2.32. The van der Waals surface area contributed by atoms with Crippen LogP contribution in [0.2, 0.25) is 0 Å². The first-order valence-corrected chi connectivity index (χ1v) is 15.4. The third-order valence-electron chi connectivity index (χ3n) is 8.16. The largest absolute Gasteiger partial charge is 0.383 e. The van der Waals surface area contributed by atoms with E-state index in [9.17, 15) is 14.0 Å². The van der Waals surface area contributed by atoms with Gasteiger partial charge in [0.05, 0.1) is 36.7 Å². The maximum Gasteiger partial charge on any atom is 0.320 e. The van der Waals surface area contributed by atoms with E-state index in [1.165, 1.54) is 12.3 Å². The monoisotopic (exact) mass is 644 g/mol. The van der Waals surface area contributed by atoms with Gasteiger partial charge in [-0.3, -0.25) is 19.9 Å². The summed E-state index contributed by atoms with van der Waals surface area (Å²) < 4.78 is 26.2. The molecule has 13 nitrogen and oxygen atoms in total. The van der Waals surface area contributed by atoms with Crippen molar-refractivity contribution in [2.24, 2.45) is 0 Å². The Hall–Kier alpha value is -4.76. The van der Waals surface area contributed by atoms with E-state index in [-0.39, 0.29) is 11.9 Å². The summed E-state index contributed by atoms with van der Waals surface area (Å²) in [4.78, 5) is 40.7. The fourth-order valence-corrected chi connectivity index (χ4v) is 5.77.